The Morgan fingerprint density at radius 3 is 2.69 bits per heavy atom. The Morgan fingerprint density at radius 1 is 1.38 bits per heavy atom. The molecule has 0 aromatic heterocycles. The van der Waals surface area contributed by atoms with Crippen molar-refractivity contribution >= 4 is 17.6 Å². The lowest BCUT2D eigenvalue weighted by Crippen LogP contribution is -1.98. The van der Waals surface area contributed by atoms with Crippen LogP contribution in [0.15, 0.2) is 36.4 Å². The molecule has 0 unspecified atom stereocenters. The van der Waals surface area contributed by atoms with E-state index in [0.29, 0.717) is 6.61 Å². The lowest BCUT2D eigenvalue weighted by atomic mass is 10.1. The van der Waals surface area contributed by atoms with Crippen molar-refractivity contribution in [3.63, 3.8) is 0 Å². The van der Waals surface area contributed by atoms with Gasteiger partial charge in [0.2, 0.25) is 0 Å². The van der Waals surface area contributed by atoms with Crippen molar-refractivity contribution in [3.05, 3.63) is 47.0 Å². The minimum absolute atomic E-state index is 0.279. The van der Waals surface area contributed by atoms with Gasteiger partial charge in [0.15, 0.2) is 0 Å². The van der Waals surface area contributed by atoms with Crippen LogP contribution < -0.4 is 0 Å². The topological polar surface area (TPSA) is 26.3 Å². The number of allylic oxidation sites excluding steroid dienone is 1. The molecule has 1 rings (SSSR count). The van der Waals surface area contributed by atoms with Gasteiger partial charge < -0.3 is 4.74 Å². The van der Waals surface area contributed by atoms with E-state index in [2.05, 4.69) is 0 Å². The summed E-state index contributed by atoms with van der Waals surface area (Å²) in [5.41, 5.74) is 1.21. The maximum Gasteiger partial charge on any atom is 0.330 e. The SMILES string of the molecule is CCOC(=O)/C=C/CCc1ccc(Cl)cc1. The third-order valence-corrected chi connectivity index (χ3v) is 2.31. The number of halogens is 1. The van der Waals surface area contributed by atoms with Crippen molar-refractivity contribution < 1.29 is 9.53 Å². The molecule has 86 valence electrons. The van der Waals surface area contributed by atoms with E-state index < -0.39 is 0 Å². The minimum Gasteiger partial charge on any atom is -0.463 e. The van der Waals surface area contributed by atoms with Crippen LogP contribution in [0, 0.1) is 0 Å². The zero-order valence-electron chi connectivity index (χ0n) is 9.28. The van der Waals surface area contributed by atoms with Crippen LogP contribution in [0.2, 0.25) is 5.02 Å². The minimum atomic E-state index is -0.279. The van der Waals surface area contributed by atoms with E-state index in [1.807, 2.05) is 30.3 Å². The van der Waals surface area contributed by atoms with Gasteiger partial charge in [-0.25, -0.2) is 4.79 Å². The highest BCUT2D eigenvalue weighted by molar-refractivity contribution is 6.30. The fraction of sp³-hybridized carbons (Fsp3) is 0.308. The summed E-state index contributed by atoms with van der Waals surface area (Å²) in [7, 11) is 0. The molecule has 2 nitrogen and oxygen atoms in total. The molecule has 0 spiro atoms. The summed E-state index contributed by atoms with van der Waals surface area (Å²) in [4.78, 5) is 11.0. The fourth-order valence-corrected chi connectivity index (χ4v) is 1.40. The summed E-state index contributed by atoms with van der Waals surface area (Å²) >= 11 is 5.77. The lowest BCUT2D eigenvalue weighted by molar-refractivity contribution is -0.137. The summed E-state index contributed by atoms with van der Waals surface area (Å²) < 4.78 is 4.77. The molecule has 0 saturated carbocycles. The molecule has 1 aromatic rings. The van der Waals surface area contributed by atoms with E-state index in [9.17, 15) is 4.79 Å². The number of hydrogen-bond donors (Lipinski definition) is 0. The fourth-order valence-electron chi connectivity index (χ4n) is 1.27. The molecule has 0 N–H and O–H groups in total. The quantitative estimate of drug-likeness (QED) is 0.581. The van der Waals surface area contributed by atoms with Crippen molar-refractivity contribution in [3.8, 4) is 0 Å². The van der Waals surface area contributed by atoms with Crippen LogP contribution in [0.3, 0.4) is 0 Å². The zero-order valence-corrected chi connectivity index (χ0v) is 10.0. The first kappa shape index (κ1) is 12.8. The number of carbonyl (C=O) groups excluding carboxylic acids is 1. The summed E-state index contributed by atoms with van der Waals surface area (Å²) in [6.07, 6.45) is 5.01. The summed E-state index contributed by atoms with van der Waals surface area (Å²) in [6.45, 7) is 2.21. The van der Waals surface area contributed by atoms with Crippen LogP contribution >= 0.6 is 11.6 Å². The molecule has 0 amide bonds. The van der Waals surface area contributed by atoms with E-state index in [1.165, 1.54) is 11.6 Å². The molecule has 0 aliphatic heterocycles. The zero-order chi connectivity index (χ0) is 11.8. The summed E-state index contributed by atoms with van der Waals surface area (Å²) in [5.74, 6) is -0.279. The second kappa shape index (κ2) is 7.07. The van der Waals surface area contributed by atoms with Gasteiger partial charge in [0.25, 0.3) is 0 Å². The van der Waals surface area contributed by atoms with E-state index in [1.54, 1.807) is 6.92 Å². The second-order valence-corrected chi connectivity index (χ2v) is 3.76. The van der Waals surface area contributed by atoms with E-state index >= 15 is 0 Å². The Hall–Kier alpha value is -1.28. The molecular formula is C13H15ClO2. The molecule has 0 bridgehead atoms. The van der Waals surface area contributed by atoms with Crippen LogP contribution in [0.1, 0.15) is 18.9 Å². The number of hydrogen-bond acceptors (Lipinski definition) is 2. The van der Waals surface area contributed by atoms with E-state index in [0.717, 1.165) is 17.9 Å². The van der Waals surface area contributed by atoms with Crippen molar-refractivity contribution in [1.29, 1.82) is 0 Å². The molecule has 0 radical (unpaired) electrons. The number of ether oxygens (including phenoxy) is 1. The molecule has 0 atom stereocenters. The van der Waals surface area contributed by atoms with Gasteiger partial charge in [0, 0.05) is 11.1 Å². The molecule has 0 heterocycles. The number of rotatable bonds is 5. The largest absolute Gasteiger partial charge is 0.463 e. The van der Waals surface area contributed by atoms with E-state index in [4.69, 9.17) is 16.3 Å². The van der Waals surface area contributed by atoms with Crippen molar-refractivity contribution in [2.45, 2.75) is 19.8 Å². The maximum absolute atomic E-state index is 11.0. The Bertz CT molecular complexity index is 355. The molecule has 0 aliphatic carbocycles. The van der Waals surface area contributed by atoms with Gasteiger partial charge in [-0.1, -0.05) is 29.8 Å². The number of carbonyl (C=O) groups is 1. The average Bonchev–Trinajstić information content (AvgIpc) is 2.27. The highest BCUT2D eigenvalue weighted by atomic mass is 35.5. The van der Waals surface area contributed by atoms with Gasteiger partial charge >= 0.3 is 5.97 Å². The van der Waals surface area contributed by atoms with Crippen LogP contribution in [0.5, 0.6) is 0 Å². The van der Waals surface area contributed by atoms with Gasteiger partial charge in [0.1, 0.15) is 0 Å². The van der Waals surface area contributed by atoms with Crippen molar-refractivity contribution in [1.82, 2.24) is 0 Å². The Labute approximate surface area is 101 Å². The predicted octanol–water partition coefficient (Wildman–Crippen LogP) is 3.39. The van der Waals surface area contributed by atoms with Gasteiger partial charge in [-0.2, -0.15) is 0 Å². The normalized spacial score (nSPS) is 10.6. The standard InChI is InChI=1S/C13H15ClO2/c1-2-16-13(15)6-4-3-5-11-7-9-12(14)10-8-11/h4,6-10H,2-3,5H2,1H3/b6-4+. The van der Waals surface area contributed by atoms with E-state index in [-0.39, 0.29) is 5.97 Å². The van der Waals surface area contributed by atoms with Crippen LogP contribution in [-0.4, -0.2) is 12.6 Å². The Kier molecular flexibility index (Phi) is 5.65. The third kappa shape index (κ3) is 4.99. The number of esters is 1. The molecule has 0 saturated heterocycles. The van der Waals surface area contributed by atoms with Gasteiger partial charge in [-0.15, -0.1) is 0 Å². The van der Waals surface area contributed by atoms with Crippen LogP contribution in [0.4, 0.5) is 0 Å². The Balaban J connectivity index is 2.30. The first-order valence-corrected chi connectivity index (χ1v) is 5.68. The number of aryl methyl sites for hydroxylation is 1. The first-order valence-electron chi connectivity index (χ1n) is 5.30. The molecular weight excluding hydrogens is 224 g/mol. The van der Waals surface area contributed by atoms with Gasteiger partial charge in [-0.3, -0.25) is 0 Å². The average molecular weight is 239 g/mol. The van der Waals surface area contributed by atoms with Gasteiger partial charge in [-0.05, 0) is 37.5 Å². The Morgan fingerprint density at radius 2 is 2.06 bits per heavy atom. The van der Waals surface area contributed by atoms with Crippen molar-refractivity contribution in [2.24, 2.45) is 0 Å². The van der Waals surface area contributed by atoms with Gasteiger partial charge in [0.05, 0.1) is 6.61 Å². The molecule has 16 heavy (non-hydrogen) atoms. The molecule has 0 aliphatic rings. The predicted molar refractivity (Wildman–Crippen MR) is 65.5 cm³/mol. The third-order valence-electron chi connectivity index (χ3n) is 2.05. The smallest absolute Gasteiger partial charge is 0.330 e. The highest BCUT2D eigenvalue weighted by Crippen LogP contribution is 2.10. The maximum atomic E-state index is 11.0. The second-order valence-electron chi connectivity index (χ2n) is 3.32. The van der Waals surface area contributed by atoms with Crippen LogP contribution in [-0.2, 0) is 16.0 Å². The monoisotopic (exact) mass is 238 g/mol. The molecule has 0 fully saturated rings. The molecule has 3 heteroatoms. The lowest BCUT2D eigenvalue weighted by Gasteiger charge is -1.98. The summed E-state index contributed by atoms with van der Waals surface area (Å²) in [5, 5.41) is 0.741. The summed E-state index contributed by atoms with van der Waals surface area (Å²) in [6, 6.07) is 7.71. The van der Waals surface area contributed by atoms with Crippen LogP contribution in [0.25, 0.3) is 0 Å². The number of benzene rings is 1. The molecule has 1 aromatic carbocycles. The first-order chi connectivity index (χ1) is 7.72. The van der Waals surface area contributed by atoms with Crippen molar-refractivity contribution in [2.75, 3.05) is 6.61 Å². The highest BCUT2D eigenvalue weighted by Gasteiger charge is 1.94.